The highest BCUT2D eigenvalue weighted by molar-refractivity contribution is 9.10. The second-order valence-electron chi connectivity index (χ2n) is 4.91. The quantitative estimate of drug-likeness (QED) is 0.896. The van der Waals surface area contributed by atoms with Crippen LogP contribution < -0.4 is 5.32 Å². The van der Waals surface area contributed by atoms with E-state index in [4.69, 9.17) is 0 Å². The number of nitrogens with zero attached hydrogens (tertiary/aromatic N) is 1. The van der Waals surface area contributed by atoms with Crippen LogP contribution >= 0.6 is 15.9 Å². The van der Waals surface area contributed by atoms with Gasteiger partial charge in [0.05, 0.1) is 0 Å². The molecule has 2 rings (SSSR count). The van der Waals surface area contributed by atoms with Crippen LogP contribution in [-0.4, -0.2) is 11.0 Å². The smallest absolute Gasteiger partial charge is 0.0315 e. The Morgan fingerprint density at radius 3 is 2.53 bits per heavy atom. The highest BCUT2D eigenvalue weighted by atomic mass is 79.9. The fourth-order valence-electron chi connectivity index (χ4n) is 2.19. The number of hydrogen-bond donors (Lipinski definition) is 1. The van der Waals surface area contributed by atoms with Gasteiger partial charge >= 0.3 is 0 Å². The molecule has 0 aliphatic rings. The Labute approximate surface area is 123 Å². The molecule has 0 spiro atoms. The predicted molar refractivity (Wildman–Crippen MR) is 83.1 cm³/mol. The molecule has 0 radical (unpaired) electrons. The van der Waals surface area contributed by atoms with Crippen molar-refractivity contribution in [2.45, 2.75) is 32.4 Å². The minimum absolute atomic E-state index is 0.319. The Hall–Kier alpha value is -1.19. The van der Waals surface area contributed by atoms with Crippen molar-refractivity contribution in [2.75, 3.05) is 0 Å². The molecule has 1 N–H and O–H groups in total. The number of halogens is 1. The topological polar surface area (TPSA) is 24.9 Å². The number of nitrogens with one attached hydrogen (secondary N) is 1. The van der Waals surface area contributed by atoms with Crippen LogP contribution in [0.1, 0.15) is 31.0 Å². The molecule has 2 aromatic rings. The number of pyridine rings is 1. The maximum Gasteiger partial charge on any atom is 0.0315 e. The largest absolute Gasteiger partial charge is 0.307 e. The summed E-state index contributed by atoms with van der Waals surface area (Å²) in [6.45, 7) is 4.39. The lowest BCUT2D eigenvalue weighted by Gasteiger charge is -2.20. The molecule has 0 saturated heterocycles. The summed E-state index contributed by atoms with van der Waals surface area (Å²) in [5.41, 5.74) is 2.58. The summed E-state index contributed by atoms with van der Waals surface area (Å²) in [4.78, 5) is 4.16. The van der Waals surface area contributed by atoms with E-state index in [0.29, 0.717) is 12.1 Å². The molecule has 1 heterocycles. The highest BCUT2D eigenvalue weighted by Gasteiger charge is 2.09. The normalized spacial score (nSPS) is 14.1. The molecule has 0 aliphatic carbocycles. The lowest BCUT2D eigenvalue weighted by Crippen LogP contribution is -2.30. The van der Waals surface area contributed by atoms with Crippen LogP contribution in [0.25, 0.3) is 0 Å². The SMILES string of the molecule is CC(Cc1ccc(Br)cc1)NC(C)c1cccnc1. The average molecular weight is 319 g/mol. The van der Waals surface area contributed by atoms with Crippen LogP contribution in [0.15, 0.2) is 53.3 Å². The molecule has 1 aromatic heterocycles. The van der Waals surface area contributed by atoms with E-state index in [-0.39, 0.29) is 0 Å². The van der Waals surface area contributed by atoms with E-state index >= 15 is 0 Å². The standard InChI is InChI=1S/C16H19BrN2/c1-12(10-14-5-7-16(17)8-6-14)19-13(2)15-4-3-9-18-11-15/h3-9,11-13,19H,10H2,1-2H3. The van der Waals surface area contributed by atoms with Gasteiger partial charge in [0.2, 0.25) is 0 Å². The van der Waals surface area contributed by atoms with Crippen LogP contribution in [0.3, 0.4) is 0 Å². The molecular weight excluding hydrogens is 300 g/mol. The molecule has 3 heteroatoms. The fraction of sp³-hybridized carbons (Fsp3) is 0.312. The van der Waals surface area contributed by atoms with Gasteiger partial charge in [0.1, 0.15) is 0 Å². The minimum Gasteiger partial charge on any atom is -0.307 e. The first-order valence-corrected chi connectivity index (χ1v) is 7.35. The molecular formula is C16H19BrN2. The molecule has 2 unspecified atom stereocenters. The summed E-state index contributed by atoms with van der Waals surface area (Å²) in [5.74, 6) is 0. The molecule has 2 nitrogen and oxygen atoms in total. The molecule has 2 atom stereocenters. The third-order valence-corrected chi connectivity index (χ3v) is 3.70. The monoisotopic (exact) mass is 318 g/mol. The fourth-order valence-corrected chi connectivity index (χ4v) is 2.45. The lowest BCUT2D eigenvalue weighted by molar-refractivity contribution is 0.476. The van der Waals surface area contributed by atoms with E-state index in [0.717, 1.165) is 10.9 Å². The van der Waals surface area contributed by atoms with Gasteiger partial charge in [0.25, 0.3) is 0 Å². The lowest BCUT2D eigenvalue weighted by atomic mass is 10.0. The molecule has 1 aromatic carbocycles. The van der Waals surface area contributed by atoms with Gasteiger partial charge in [-0.25, -0.2) is 0 Å². The van der Waals surface area contributed by atoms with Crippen LogP contribution in [0.2, 0.25) is 0 Å². The zero-order valence-electron chi connectivity index (χ0n) is 11.3. The van der Waals surface area contributed by atoms with Gasteiger partial charge in [-0.1, -0.05) is 34.1 Å². The van der Waals surface area contributed by atoms with Crippen molar-refractivity contribution >= 4 is 15.9 Å². The Bertz CT molecular complexity index is 496. The first-order chi connectivity index (χ1) is 9.15. The number of aromatic nitrogens is 1. The number of hydrogen-bond acceptors (Lipinski definition) is 2. The summed E-state index contributed by atoms with van der Waals surface area (Å²) < 4.78 is 1.13. The first-order valence-electron chi connectivity index (χ1n) is 6.55. The van der Waals surface area contributed by atoms with Crippen LogP contribution in [0, 0.1) is 0 Å². The summed E-state index contributed by atoms with van der Waals surface area (Å²) in [5, 5.41) is 3.61. The Morgan fingerprint density at radius 2 is 1.89 bits per heavy atom. The first kappa shape index (κ1) is 14.2. The molecule has 0 saturated carbocycles. The zero-order valence-corrected chi connectivity index (χ0v) is 12.9. The van der Waals surface area contributed by atoms with Gasteiger partial charge in [0.15, 0.2) is 0 Å². The van der Waals surface area contributed by atoms with Crippen molar-refractivity contribution < 1.29 is 0 Å². The molecule has 0 aliphatic heterocycles. The Kier molecular flexibility index (Phi) is 5.11. The van der Waals surface area contributed by atoms with Crippen molar-refractivity contribution in [3.05, 3.63) is 64.4 Å². The minimum atomic E-state index is 0.319. The molecule has 0 amide bonds. The van der Waals surface area contributed by atoms with Crippen molar-refractivity contribution in [1.29, 1.82) is 0 Å². The van der Waals surface area contributed by atoms with Crippen LogP contribution in [0.4, 0.5) is 0 Å². The van der Waals surface area contributed by atoms with Gasteiger partial charge < -0.3 is 5.32 Å². The maximum absolute atomic E-state index is 4.16. The second kappa shape index (κ2) is 6.83. The van der Waals surface area contributed by atoms with E-state index in [1.807, 2.05) is 18.5 Å². The summed E-state index contributed by atoms with van der Waals surface area (Å²) in [7, 11) is 0. The summed E-state index contributed by atoms with van der Waals surface area (Å²) in [6.07, 6.45) is 4.75. The average Bonchev–Trinajstić information content (AvgIpc) is 2.42. The van der Waals surface area contributed by atoms with E-state index in [1.54, 1.807) is 0 Å². The van der Waals surface area contributed by atoms with E-state index in [1.165, 1.54) is 11.1 Å². The van der Waals surface area contributed by atoms with E-state index in [9.17, 15) is 0 Å². The second-order valence-corrected chi connectivity index (χ2v) is 5.82. The predicted octanol–water partition coefficient (Wildman–Crippen LogP) is 4.13. The van der Waals surface area contributed by atoms with Crippen molar-refractivity contribution in [1.82, 2.24) is 10.3 Å². The Morgan fingerprint density at radius 1 is 1.16 bits per heavy atom. The van der Waals surface area contributed by atoms with Crippen molar-refractivity contribution in [2.24, 2.45) is 0 Å². The third-order valence-electron chi connectivity index (χ3n) is 3.17. The molecule has 0 bridgehead atoms. The van der Waals surface area contributed by atoms with Gasteiger partial charge in [-0.3, -0.25) is 4.98 Å². The number of benzene rings is 1. The Balaban J connectivity index is 1.90. The molecule has 0 fully saturated rings. The zero-order chi connectivity index (χ0) is 13.7. The molecule has 19 heavy (non-hydrogen) atoms. The number of rotatable bonds is 5. The third kappa shape index (κ3) is 4.44. The molecule has 100 valence electrons. The van der Waals surface area contributed by atoms with Gasteiger partial charge in [-0.15, -0.1) is 0 Å². The van der Waals surface area contributed by atoms with Crippen LogP contribution in [-0.2, 0) is 6.42 Å². The van der Waals surface area contributed by atoms with Gasteiger partial charge in [-0.05, 0) is 49.6 Å². The van der Waals surface area contributed by atoms with E-state index in [2.05, 4.69) is 70.4 Å². The van der Waals surface area contributed by atoms with Gasteiger partial charge in [0, 0.05) is 29.0 Å². The van der Waals surface area contributed by atoms with Crippen molar-refractivity contribution in [3.8, 4) is 0 Å². The summed E-state index contributed by atoms with van der Waals surface area (Å²) >= 11 is 3.46. The summed E-state index contributed by atoms with van der Waals surface area (Å²) in [6, 6.07) is 13.3. The van der Waals surface area contributed by atoms with Crippen LogP contribution in [0.5, 0.6) is 0 Å². The van der Waals surface area contributed by atoms with E-state index < -0.39 is 0 Å². The van der Waals surface area contributed by atoms with Gasteiger partial charge in [-0.2, -0.15) is 0 Å². The maximum atomic E-state index is 4.16. The highest BCUT2D eigenvalue weighted by Crippen LogP contribution is 2.14. The van der Waals surface area contributed by atoms with Crippen molar-refractivity contribution in [3.63, 3.8) is 0 Å².